The number of anilines is 1. The van der Waals surface area contributed by atoms with E-state index in [9.17, 15) is 18.0 Å². The molecule has 2 saturated heterocycles. The molecule has 2 fully saturated rings. The number of urea groups is 1. The van der Waals surface area contributed by atoms with Crippen LogP contribution < -0.4 is 9.64 Å². The fourth-order valence-electron chi connectivity index (χ4n) is 3.72. The van der Waals surface area contributed by atoms with Crippen molar-refractivity contribution in [2.24, 2.45) is 0 Å². The Hall–Kier alpha value is -2.81. The van der Waals surface area contributed by atoms with E-state index < -0.39 is 6.36 Å². The minimum Gasteiger partial charge on any atom is -0.406 e. The van der Waals surface area contributed by atoms with Gasteiger partial charge in [0.05, 0.1) is 12.6 Å². The molecule has 9 heteroatoms. The molecule has 2 amide bonds. The third kappa shape index (κ3) is 4.04. The topological polar surface area (TPSA) is 48.9 Å². The highest BCUT2D eigenvalue weighted by Crippen LogP contribution is 2.27. The fourth-order valence-corrected chi connectivity index (χ4v) is 3.72. The molecule has 4 rings (SSSR count). The van der Waals surface area contributed by atoms with E-state index in [0.717, 1.165) is 5.56 Å². The van der Waals surface area contributed by atoms with E-state index in [1.165, 1.54) is 12.1 Å². The van der Waals surface area contributed by atoms with Gasteiger partial charge in [-0.15, -0.1) is 13.2 Å². The number of aromatic nitrogens is 1. The van der Waals surface area contributed by atoms with Crippen molar-refractivity contribution in [1.82, 2.24) is 14.8 Å². The molecule has 2 aliphatic rings. The molecule has 0 spiro atoms. The number of hydrogen-bond acceptors (Lipinski definition) is 4. The molecule has 1 aromatic heterocycles. The van der Waals surface area contributed by atoms with Gasteiger partial charge < -0.3 is 9.64 Å². The van der Waals surface area contributed by atoms with Crippen molar-refractivity contribution in [2.75, 3.05) is 31.1 Å². The summed E-state index contributed by atoms with van der Waals surface area (Å²) in [7, 11) is 0. The zero-order valence-corrected chi connectivity index (χ0v) is 15.0. The molecule has 0 saturated carbocycles. The van der Waals surface area contributed by atoms with Crippen LogP contribution in [0.25, 0.3) is 0 Å². The van der Waals surface area contributed by atoms with E-state index in [1.54, 1.807) is 35.4 Å². The van der Waals surface area contributed by atoms with Crippen molar-refractivity contribution >= 4 is 11.8 Å². The molecule has 3 heterocycles. The van der Waals surface area contributed by atoms with Gasteiger partial charge in [-0.25, -0.2) is 9.78 Å². The molecular weight excluding hydrogens is 373 g/mol. The fraction of sp³-hybridized carbons (Fsp3) is 0.368. The summed E-state index contributed by atoms with van der Waals surface area (Å²) in [5.74, 6) is 0.409. The van der Waals surface area contributed by atoms with Crippen molar-refractivity contribution in [3.63, 3.8) is 0 Å². The monoisotopic (exact) mass is 392 g/mol. The summed E-state index contributed by atoms with van der Waals surface area (Å²) < 4.78 is 41.2. The Morgan fingerprint density at radius 3 is 2.71 bits per heavy atom. The Morgan fingerprint density at radius 1 is 1.11 bits per heavy atom. The van der Waals surface area contributed by atoms with Gasteiger partial charge >= 0.3 is 12.4 Å². The maximum atomic E-state index is 12.7. The summed E-state index contributed by atoms with van der Waals surface area (Å²) in [5, 5.41) is 0. The van der Waals surface area contributed by atoms with E-state index in [2.05, 4.69) is 14.6 Å². The average molecular weight is 392 g/mol. The number of amides is 2. The molecule has 1 unspecified atom stereocenters. The number of carbonyl (C=O) groups is 1. The van der Waals surface area contributed by atoms with Crippen LogP contribution in [0.4, 0.5) is 23.8 Å². The van der Waals surface area contributed by atoms with Crippen LogP contribution in [-0.2, 0) is 6.54 Å². The smallest absolute Gasteiger partial charge is 0.406 e. The average Bonchev–Trinajstić information content (AvgIpc) is 2.97. The summed E-state index contributed by atoms with van der Waals surface area (Å²) in [6.07, 6.45) is -3.05. The van der Waals surface area contributed by atoms with Crippen molar-refractivity contribution in [3.05, 3.63) is 54.2 Å². The van der Waals surface area contributed by atoms with Crippen LogP contribution in [0.2, 0.25) is 0 Å². The van der Waals surface area contributed by atoms with E-state index in [-0.39, 0.29) is 17.8 Å². The standard InChI is InChI=1S/C19H19F3N4O2/c20-19(21,22)28-16-5-3-4-14(10-16)11-24-8-9-25-15(12-24)13-26(18(25)27)17-6-1-2-7-23-17/h1-7,10,15H,8-9,11-13H2. The van der Waals surface area contributed by atoms with Gasteiger partial charge in [0.25, 0.3) is 0 Å². The van der Waals surface area contributed by atoms with Gasteiger partial charge in [0.1, 0.15) is 11.6 Å². The SMILES string of the molecule is O=C1N(c2ccccn2)CC2CN(Cc3cccc(OC(F)(F)F)c3)CCN12. The van der Waals surface area contributed by atoms with Crippen LogP contribution in [0.5, 0.6) is 5.75 Å². The maximum absolute atomic E-state index is 12.7. The lowest BCUT2D eigenvalue weighted by Crippen LogP contribution is -2.51. The molecular formula is C19H19F3N4O2. The van der Waals surface area contributed by atoms with Crippen molar-refractivity contribution in [2.45, 2.75) is 18.9 Å². The first kappa shape index (κ1) is 18.5. The molecule has 2 aliphatic heterocycles. The van der Waals surface area contributed by atoms with Crippen LogP contribution in [-0.4, -0.2) is 59.4 Å². The highest BCUT2D eigenvalue weighted by molar-refractivity contribution is 5.93. The molecule has 148 valence electrons. The number of halogens is 3. The van der Waals surface area contributed by atoms with Crippen molar-refractivity contribution in [3.8, 4) is 5.75 Å². The lowest BCUT2D eigenvalue weighted by molar-refractivity contribution is -0.274. The third-order valence-corrected chi connectivity index (χ3v) is 4.90. The predicted molar refractivity (Wildman–Crippen MR) is 95.9 cm³/mol. The summed E-state index contributed by atoms with van der Waals surface area (Å²) in [4.78, 5) is 22.6. The summed E-state index contributed by atoms with van der Waals surface area (Å²) >= 11 is 0. The van der Waals surface area contributed by atoms with Gasteiger partial charge in [0.15, 0.2) is 0 Å². The number of pyridine rings is 1. The number of carbonyl (C=O) groups excluding carboxylic acids is 1. The molecule has 1 aromatic carbocycles. The van der Waals surface area contributed by atoms with Gasteiger partial charge in [-0.2, -0.15) is 0 Å². The molecule has 28 heavy (non-hydrogen) atoms. The Balaban J connectivity index is 1.41. The van der Waals surface area contributed by atoms with Crippen LogP contribution in [0.1, 0.15) is 5.56 Å². The molecule has 6 nitrogen and oxygen atoms in total. The van der Waals surface area contributed by atoms with Gasteiger partial charge in [-0.05, 0) is 29.8 Å². The molecule has 1 atom stereocenters. The number of ether oxygens (including phenoxy) is 1. The zero-order chi connectivity index (χ0) is 19.7. The minimum absolute atomic E-state index is 0.0258. The second-order valence-corrected chi connectivity index (χ2v) is 6.86. The number of alkyl halides is 3. The first-order valence-corrected chi connectivity index (χ1v) is 8.95. The summed E-state index contributed by atoms with van der Waals surface area (Å²) in [6, 6.07) is 11.4. The minimum atomic E-state index is -4.70. The number of piperazine rings is 1. The van der Waals surface area contributed by atoms with E-state index in [1.807, 2.05) is 11.0 Å². The highest BCUT2D eigenvalue weighted by atomic mass is 19.4. The van der Waals surface area contributed by atoms with Gasteiger partial charge in [-0.3, -0.25) is 9.80 Å². The first-order valence-electron chi connectivity index (χ1n) is 8.95. The number of benzene rings is 1. The van der Waals surface area contributed by atoms with Gasteiger partial charge in [-0.1, -0.05) is 18.2 Å². The quantitative estimate of drug-likeness (QED) is 0.802. The Kier molecular flexibility index (Phi) is 4.84. The summed E-state index contributed by atoms with van der Waals surface area (Å²) in [6.45, 7) is 2.93. The zero-order valence-electron chi connectivity index (χ0n) is 15.0. The largest absolute Gasteiger partial charge is 0.573 e. The molecule has 0 radical (unpaired) electrons. The lowest BCUT2D eigenvalue weighted by atomic mass is 10.1. The van der Waals surface area contributed by atoms with Crippen LogP contribution in [0, 0.1) is 0 Å². The van der Waals surface area contributed by atoms with E-state index in [0.29, 0.717) is 38.5 Å². The van der Waals surface area contributed by atoms with Crippen molar-refractivity contribution in [1.29, 1.82) is 0 Å². The van der Waals surface area contributed by atoms with Gasteiger partial charge in [0, 0.05) is 32.4 Å². The first-order chi connectivity index (χ1) is 13.4. The van der Waals surface area contributed by atoms with Crippen LogP contribution >= 0.6 is 0 Å². The maximum Gasteiger partial charge on any atom is 0.573 e. The predicted octanol–water partition coefficient (Wildman–Crippen LogP) is 3.11. The third-order valence-electron chi connectivity index (χ3n) is 4.90. The number of nitrogens with zero attached hydrogens (tertiary/aromatic N) is 4. The molecule has 0 aliphatic carbocycles. The van der Waals surface area contributed by atoms with Crippen LogP contribution in [0.15, 0.2) is 48.7 Å². The summed E-state index contributed by atoms with van der Waals surface area (Å²) in [5.41, 5.74) is 0.737. The molecule has 2 aromatic rings. The highest BCUT2D eigenvalue weighted by Gasteiger charge is 2.41. The number of hydrogen-bond donors (Lipinski definition) is 0. The Morgan fingerprint density at radius 2 is 1.96 bits per heavy atom. The molecule has 0 bridgehead atoms. The second kappa shape index (κ2) is 7.31. The van der Waals surface area contributed by atoms with E-state index >= 15 is 0 Å². The Bertz CT molecular complexity index is 847. The lowest BCUT2D eigenvalue weighted by Gasteiger charge is -2.36. The number of rotatable bonds is 4. The van der Waals surface area contributed by atoms with Gasteiger partial charge in [0.2, 0.25) is 0 Å². The Labute approximate surface area is 160 Å². The second-order valence-electron chi connectivity index (χ2n) is 6.86. The van der Waals surface area contributed by atoms with E-state index in [4.69, 9.17) is 0 Å². The van der Waals surface area contributed by atoms with Crippen LogP contribution in [0.3, 0.4) is 0 Å². The van der Waals surface area contributed by atoms with Crippen molar-refractivity contribution < 1.29 is 22.7 Å². The normalized spacial score (nSPS) is 20.4. The molecule has 0 N–H and O–H groups in total. The number of fused-ring (bicyclic) bond motifs is 1.